The Morgan fingerprint density at radius 1 is 1.33 bits per heavy atom. The van der Waals surface area contributed by atoms with Crippen LogP contribution in [0.5, 0.6) is 0 Å². The monoisotopic (exact) mass is 309 g/mol. The second-order valence-corrected chi connectivity index (χ2v) is 4.96. The van der Waals surface area contributed by atoms with Crippen LogP contribution in [0.3, 0.4) is 0 Å². The van der Waals surface area contributed by atoms with Gasteiger partial charge in [0.15, 0.2) is 0 Å². The van der Waals surface area contributed by atoms with E-state index in [4.69, 9.17) is 0 Å². The van der Waals surface area contributed by atoms with Crippen molar-refractivity contribution >= 4 is 15.9 Å². The molecule has 4 heteroatoms. The maximum absolute atomic E-state index is 13.3. The first-order chi connectivity index (χ1) is 8.58. The Morgan fingerprint density at radius 2 is 2.11 bits per heavy atom. The molecule has 0 amide bonds. The number of hydrogen-bond donors (Lipinski definition) is 1. The number of aliphatic hydroxyl groups is 1. The van der Waals surface area contributed by atoms with E-state index in [1.165, 1.54) is 6.07 Å². The van der Waals surface area contributed by atoms with Gasteiger partial charge in [-0.3, -0.25) is 4.98 Å². The minimum Gasteiger partial charge on any atom is -0.388 e. The van der Waals surface area contributed by atoms with Crippen LogP contribution in [-0.2, 0) is 6.42 Å². The van der Waals surface area contributed by atoms with Crippen molar-refractivity contribution in [3.8, 4) is 0 Å². The lowest BCUT2D eigenvalue weighted by atomic mass is 10.0. The van der Waals surface area contributed by atoms with Crippen LogP contribution in [-0.4, -0.2) is 10.1 Å². The van der Waals surface area contributed by atoms with Crippen LogP contribution in [0.15, 0.2) is 41.0 Å². The molecule has 2 rings (SSSR count). The quantitative estimate of drug-likeness (QED) is 0.940. The van der Waals surface area contributed by atoms with E-state index in [1.54, 1.807) is 18.3 Å². The predicted molar refractivity (Wildman–Crippen MR) is 71.7 cm³/mol. The van der Waals surface area contributed by atoms with Crippen molar-refractivity contribution in [3.05, 3.63) is 63.6 Å². The number of aryl methyl sites for hydroxylation is 1. The number of nitrogens with zero attached hydrogens (tertiary/aromatic N) is 1. The van der Waals surface area contributed by atoms with E-state index in [9.17, 15) is 9.50 Å². The molecule has 0 bridgehead atoms. The number of halogens is 2. The minimum absolute atomic E-state index is 0.318. The zero-order chi connectivity index (χ0) is 13.1. The second kappa shape index (κ2) is 5.59. The molecular formula is C14H13BrFNO. The molecule has 2 nitrogen and oxygen atoms in total. The average Bonchev–Trinajstić information content (AvgIpc) is 2.36. The van der Waals surface area contributed by atoms with E-state index in [0.29, 0.717) is 10.9 Å². The Kier molecular flexibility index (Phi) is 4.09. The van der Waals surface area contributed by atoms with Crippen molar-refractivity contribution in [2.24, 2.45) is 0 Å². The smallest absolute Gasteiger partial charge is 0.137 e. The van der Waals surface area contributed by atoms with E-state index < -0.39 is 6.10 Å². The van der Waals surface area contributed by atoms with Gasteiger partial charge in [0.05, 0.1) is 10.6 Å². The molecule has 1 aromatic carbocycles. The molecular weight excluding hydrogens is 297 g/mol. The van der Waals surface area contributed by atoms with Gasteiger partial charge in [0.2, 0.25) is 0 Å². The summed E-state index contributed by atoms with van der Waals surface area (Å²) in [6.07, 6.45) is 1.31. The normalized spacial score (nSPS) is 12.4. The Balaban J connectivity index is 2.18. The van der Waals surface area contributed by atoms with Crippen LogP contribution in [0, 0.1) is 12.7 Å². The number of benzene rings is 1. The highest BCUT2D eigenvalue weighted by atomic mass is 79.9. The van der Waals surface area contributed by atoms with Gasteiger partial charge in [-0.2, -0.15) is 0 Å². The van der Waals surface area contributed by atoms with Crippen LogP contribution < -0.4 is 0 Å². The van der Waals surface area contributed by atoms with Gasteiger partial charge in [0.1, 0.15) is 5.82 Å². The van der Waals surface area contributed by atoms with Gasteiger partial charge in [-0.25, -0.2) is 4.39 Å². The van der Waals surface area contributed by atoms with Gasteiger partial charge in [0, 0.05) is 18.3 Å². The summed E-state index contributed by atoms with van der Waals surface area (Å²) < 4.78 is 13.8. The Labute approximate surface area is 114 Å². The molecule has 1 aromatic heterocycles. The van der Waals surface area contributed by atoms with Crippen LogP contribution in [0.2, 0.25) is 0 Å². The van der Waals surface area contributed by atoms with E-state index in [2.05, 4.69) is 20.9 Å². The third-order valence-corrected chi connectivity index (χ3v) is 3.65. The summed E-state index contributed by atoms with van der Waals surface area (Å²) in [5.74, 6) is -0.318. The lowest BCUT2D eigenvalue weighted by molar-refractivity contribution is 0.177. The zero-order valence-corrected chi connectivity index (χ0v) is 11.5. The van der Waals surface area contributed by atoms with Gasteiger partial charge in [0.25, 0.3) is 0 Å². The first-order valence-corrected chi connectivity index (χ1v) is 6.40. The molecule has 0 aliphatic heterocycles. The van der Waals surface area contributed by atoms with Gasteiger partial charge in [-0.1, -0.05) is 18.2 Å². The summed E-state index contributed by atoms with van der Waals surface area (Å²) in [5.41, 5.74) is 2.37. The molecule has 0 fully saturated rings. The highest BCUT2D eigenvalue weighted by Crippen LogP contribution is 2.25. The molecule has 1 atom stereocenters. The maximum atomic E-state index is 13.3. The molecule has 0 saturated carbocycles. The molecule has 1 unspecified atom stereocenters. The van der Waals surface area contributed by atoms with Gasteiger partial charge in [-0.15, -0.1) is 0 Å². The van der Waals surface area contributed by atoms with Crippen molar-refractivity contribution in [2.45, 2.75) is 19.4 Å². The fourth-order valence-electron chi connectivity index (χ4n) is 1.71. The molecule has 94 valence electrons. The van der Waals surface area contributed by atoms with Crippen LogP contribution in [0.1, 0.15) is 22.9 Å². The molecule has 0 radical (unpaired) electrons. The molecule has 0 aliphatic carbocycles. The van der Waals surface area contributed by atoms with E-state index in [1.807, 2.05) is 19.1 Å². The fourth-order valence-corrected chi connectivity index (χ4v) is 2.13. The molecule has 1 heterocycles. The predicted octanol–water partition coefficient (Wildman–Crippen LogP) is 3.57. The molecule has 0 spiro atoms. The van der Waals surface area contributed by atoms with Gasteiger partial charge >= 0.3 is 0 Å². The van der Waals surface area contributed by atoms with Gasteiger partial charge in [-0.05, 0) is 46.1 Å². The van der Waals surface area contributed by atoms with Crippen LogP contribution in [0.4, 0.5) is 4.39 Å². The van der Waals surface area contributed by atoms with Crippen molar-refractivity contribution in [1.82, 2.24) is 4.98 Å². The summed E-state index contributed by atoms with van der Waals surface area (Å²) in [5, 5.41) is 10.1. The van der Waals surface area contributed by atoms with E-state index >= 15 is 0 Å². The number of aliphatic hydroxyl groups excluding tert-OH is 1. The lowest BCUT2D eigenvalue weighted by Gasteiger charge is -2.12. The second-order valence-electron chi connectivity index (χ2n) is 4.17. The summed E-state index contributed by atoms with van der Waals surface area (Å²) >= 11 is 3.19. The Morgan fingerprint density at radius 3 is 2.78 bits per heavy atom. The van der Waals surface area contributed by atoms with Crippen molar-refractivity contribution in [2.75, 3.05) is 0 Å². The maximum Gasteiger partial charge on any atom is 0.137 e. The molecule has 0 aliphatic rings. The third-order valence-electron chi connectivity index (χ3n) is 2.76. The largest absolute Gasteiger partial charge is 0.388 e. The Bertz CT molecular complexity index is 542. The first kappa shape index (κ1) is 13.2. The molecule has 1 N–H and O–H groups in total. The average molecular weight is 310 g/mol. The summed E-state index contributed by atoms with van der Waals surface area (Å²) in [7, 11) is 0. The highest BCUT2D eigenvalue weighted by Gasteiger charge is 2.12. The van der Waals surface area contributed by atoms with Gasteiger partial charge < -0.3 is 5.11 Å². The Hall–Kier alpha value is -1.26. The SMILES string of the molecule is Cc1ccc(C(O)Cc2cccc(F)c2Br)cn1. The number of rotatable bonds is 3. The zero-order valence-electron chi connectivity index (χ0n) is 9.90. The minimum atomic E-state index is -0.684. The molecule has 2 aromatic rings. The standard InChI is InChI=1S/C14H13BrFNO/c1-9-5-6-11(8-17-9)13(18)7-10-3-2-4-12(16)14(10)15/h2-6,8,13,18H,7H2,1H3. The fraction of sp³-hybridized carbons (Fsp3) is 0.214. The summed E-state index contributed by atoms with van der Waals surface area (Å²) in [6.45, 7) is 1.89. The summed E-state index contributed by atoms with van der Waals surface area (Å²) in [4.78, 5) is 4.14. The van der Waals surface area contributed by atoms with Crippen LogP contribution >= 0.6 is 15.9 Å². The number of pyridine rings is 1. The topological polar surface area (TPSA) is 33.1 Å². The molecule has 0 saturated heterocycles. The molecule has 18 heavy (non-hydrogen) atoms. The van der Waals surface area contributed by atoms with Crippen molar-refractivity contribution < 1.29 is 9.50 Å². The van der Waals surface area contributed by atoms with E-state index in [-0.39, 0.29) is 5.82 Å². The van der Waals surface area contributed by atoms with Crippen LogP contribution in [0.25, 0.3) is 0 Å². The van der Waals surface area contributed by atoms with Crippen molar-refractivity contribution in [3.63, 3.8) is 0 Å². The first-order valence-electron chi connectivity index (χ1n) is 5.61. The van der Waals surface area contributed by atoms with Crippen molar-refractivity contribution in [1.29, 1.82) is 0 Å². The summed E-state index contributed by atoms with van der Waals surface area (Å²) in [6, 6.07) is 8.49. The lowest BCUT2D eigenvalue weighted by Crippen LogP contribution is -2.03. The highest BCUT2D eigenvalue weighted by molar-refractivity contribution is 9.10. The van der Waals surface area contributed by atoms with E-state index in [0.717, 1.165) is 16.8 Å². The number of hydrogen-bond acceptors (Lipinski definition) is 2. The number of aromatic nitrogens is 1. The third kappa shape index (κ3) is 2.94.